The van der Waals surface area contributed by atoms with Gasteiger partial charge in [-0.25, -0.2) is 4.98 Å². The highest BCUT2D eigenvalue weighted by molar-refractivity contribution is 5.79. The van der Waals surface area contributed by atoms with Gasteiger partial charge in [0.15, 0.2) is 0 Å². The van der Waals surface area contributed by atoms with Crippen LogP contribution in [0.5, 0.6) is 0 Å². The van der Waals surface area contributed by atoms with Crippen molar-refractivity contribution >= 4 is 11.8 Å². The first kappa shape index (κ1) is 12.4. The molecule has 1 unspecified atom stereocenters. The lowest BCUT2D eigenvalue weighted by Crippen LogP contribution is -2.33. The van der Waals surface area contributed by atoms with E-state index in [1.54, 1.807) is 0 Å². The number of hydrogen-bond acceptors (Lipinski definition) is 5. The van der Waals surface area contributed by atoms with E-state index in [0.29, 0.717) is 12.5 Å². The lowest BCUT2D eigenvalue weighted by Gasteiger charge is -2.20. The van der Waals surface area contributed by atoms with Gasteiger partial charge in [-0.15, -0.1) is 5.10 Å². The Hall–Kier alpha value is -1.72. The van der Waals surface area contributed by atoms with Crippen LogP contribution in [0.1, 0.15) is 18.3 Å². The van der Waals surface area contributed by atoms with E-state index in [-0.39, 0.29) is 11.8 Å². The molecule has 0 aliphatic rings. The molecular formula is C10H18N6. The molecule has 0 amide bonds. The van der Waals surface area contributed by atoms with Crippen LogP contribution >= 0.6 is 0 Å². The Balaban J connectivity index is 2.76. The molecule has 0 aliphatic heterocycles. The van der Waals surface area contributed by atoms with Crippen molar-refractivity contribution in [2.45, 2.75) is 20.8 Å². The first-order valence-electron chi connectivity index (χ1n) is 5.14. The molecule has 0 saturated heterocycles. The highest BCUT2D eigenvalue weighted by atomic mass is 15.3. The number of amidine groups is 1. The Bertz CT molecular complexity index is 389. The van der Waals surface area contributed by atoms with Gasteiger partial charge in [-0.05, 0) is 13.8 Å². The predicted molar refractivity (Wildman–Crippen MR) is 63.6 cm³/mol. The van der Waals surface area contributed by atoms with Crippen molar-refractivity contribution in [2.24, 2.45) is 11.7 Å². The first-order chi connectivity index (χ1) is 7.41. The number of nitrogens with zero attached hydrogens (tertiary/aromatic N) is 4. The maximum Gasteiger partial charge on any atom is 0.245 e. The highest BCUT2D eigenvalue weighted by Crippen LogP contribution is 2.08. The molecule has 1 heterocycles. The molecule has 1 atom stereocenters. The van der Waals surface area contributed by atoms with Crippen LogP contribution in [0.2, 0.25) is 0 Å². The average molecular weight is 222 g/mol. The van der Waals surface area contributed by atoms with Crippen molar-refractivity contribution in [1.29, 1.82) is 5.41 Å². The normalized spacial score (nSPS) is 12.2. The summed E-state index contributed by atoms with van der Waals surface area (Å²) >= 11 is 0. The monoisotopic (exact) mass is 222 g/mol. The number of anilines is 1. The van der Waals surface area contributed by atoms with Gasteiger partial charge in [0.1, 0.15) is 0 Å². The summed E-state index contributed by atoms with van der Waals surface area (Å²) < 4.78 is 0. The van der Waals surface area contributed by atoms with Crippen molar-refractivity contribution in [3.8, 4) is 0 Å². The van der Waals surface area contributed by atoms with Crippen LogP contribution in [0, 0.1) is 25.2 Å². The van der Waals surface area contributed by atoms with Gasteiger partial charge in [0, 0.05) is 19.5 Å². The molecular weight excluding hydrogens is 204 g/mol. The Morgan fingerprint density at radius 3 is 2.50 bits per heavy atom. The molecule has 0 radical (unpaired) electrons. The van der Waals surface area contributed by atoms with E-state index >= 15 is 0 Å². The maximum atomic E-state index is 7.33. The Morgan fingerprint density at radius 2 is 2.00 bits per heavy atom. The topological polar surface area (TPSA) is 91.8 Å². The zero-order chi connectivity index (χ0) is 12.3. The maximum absolute atomic E-state index is 7.33. The summed E-state index contributed by atoms with van der Waals surface area (Å²) in [4.78, 5) is 6.18. The molecule has 0 aliphatic carbocycles. The Kier molecular flexibility index (Phi) is 3.76. The van der Waals surface area contributed by atoms with Gasteiger partial charge in [-0.1, -0.05) is 6.92 Å². The second-order valence-electron chi connectivity index (χ2n) is 4.02. The third-order valence-corrected chi connectivity index (χ3v) is 2.50. The van der Waals surface area contributed by atoms with Crippen molar-refractivity contribution in [3.05, 3.63) is 11.4 Å². The van der Waals surface area contributed by atoms with Gasteiger partial charge in [-0.3, -0.25) is 5.41 Å². The number of aryl methyl sites for hydroxylation is 2. The number of nitrogens with two attached hydrogens (primary N) is 1. The van der Waals surface area contributed by atoms with Crippen LogP contribution in [0.25, 0.3) is 0 Å². The summed E-state index contributed by atoms with van der Waals surface area (Å²) in [5.74, 6) is 0.718. The summed E-state index contributed by atoms with van der Waals surface area (Å²) in [7, 11) is 1.87. The molecule has 1 aromatic rings. The molecule has 1 aromatic heterocycles. The fourth-order valence-electron chi connectivity index (χ4n) is 1.20. The second-order valence-corrected chi connectivity index (χ2v) is 4.02. The van der Waals surface area contributed by atoms with E-state index in [1.807, 2.05) is 32.7 Å². The van der Waals surface area contributed by atoms with Crippen LogP contribution in [-0.4, -0.2) is 34.6 Å². The summed E-state index contributed by atoms with van der Waals surface area (Å²) in [6.45, 7) is 6.28. The van der Waals surface area contributed by atoms with Crippen LogP contribution in [0.3, 0.4) is 0 Å². The number of rotatable bonds is 4. The minimum absolute atomic E-state index is 0.0183. The number of nitrogens with one attached hydrogen (secondary N) is 1. The molecule has 0 spiro atoms. The number of aromatic nitrogens is 3. The van der Waals surface area contributed by atoms with Crippen molar-refractivity contribution in [1.82, 2.24) is 15.2 Å². The van der Waals surface area contributed by atoms with Crippen molar-refractivity contribution in [2.75, 3.05) is 18.5 Å². The molecule has 6 nitrogen and oxygen atoms in total. The first-order valence-corrected chi connectivity index (χ1v) is 5.14. The molecule has 0 saturated carbocycles. The quantitative estimate of drug-likeness (QED) is 0.571. The average Bonchev–Trinajstić information content (AvgIpc) is 2.21. The van der Waals surface area contributed by atoms with Gasteiger partial charge >= 0.3 is 0 Å². The summed E-state index contributed by atoms with van der Waals surface area (Å²) in [6.07, 6.45) is 0. The predicted octanol–water partition coefficient (Wildman–Crippen LogP) is 0.497. The Labute approximate surface area is 95.4 Å². The number of hydrogen-bond donors (Lipinski definition) is 2. The van der Waals surface area contributed by atoms with Gasteiger partial charge < -0.3 is 10.6 Å². The van der Waals surface area contributed by atoms with Gasteiger partial charge in [0.2, 0.25) is 5.95 Å². The standard InChI is InChI=1S/C10H18N6/c1-6(9(11)12)5-16(4)10-13-7(2)8(3)14-15-10/h6H,5H2,1-4H3,(H3,11,12). The highest BCUT2D eigenvalue weighted by Gasteiger charge is 2.12. The molecule has 16 heavy (non-hydrogen) atoms. The summed E-state index contributed by atoms with van der Waals surface area (Å²) in [6, 6.07) is 0. The lowest BCUT2D eigenvalue weighted by molar-refractivity contribution is 0.702. The van der Waals surface area contributed by atoms with E-state index in [2.05, 4.69) is 15.2 Å². The molecule has 0 bridgehead atoms. The molecule has 88 valence electrons. The van der Waals surface area contributed by atoms with Gasteiger partial charge in [0.05, 0.1) is 17.2 Å². The van der Waals surface area contributed by atoms with Crippen LogP contribution in [0.15, 0.2) is 0 Å². The molecule has 6 heteroatoms. The fraction of sp³-hybridized carbons (Fsp3) is 0.600. The van der Waals surface area contributed by atoms with Crippen LogP contribution < -0.4 is 10.6 Å². The van der Waals surface area contributed by atoms with E-state index in [1.165, 1.54) is 0 Å². The fourth-order valence-corrected chi connectivity index (χ4v) is 1.20. The second kappa shape index (κ2) is 4.87. The third kappa shape index (κ3) is 2.88. The zero-order valence-electron chi connectivity index (χ0n) is 10.2. The van der Waals surface area contributed by atoms with E-state index in [9.17, 15) is 0 Å². The Morgan fingerprint density at radius 1 is 1.38 bits per heavy atom. The van der Waals surface area contributed by atoms with Gasteiger partial charge in [0.25, 0.3) is 0 Å². The lowest BCUT2D eigenvalue weighted by atomic mass is 10.1. The minimum atomic E-state index is -0.0183. The van der Waals surface area contributed by atoms with E-state index in [0.717, 1.165) is 11.4 Å². The molecule has 0 aromatic carbocycles. The van der Waals surface area contributed by atoms with Crippen LogP contribution in [0.4, 0.5) is 5.95 Å². The SMILES string of the molecule is Cc1nnc(N(C)CC(C)C(=N)N)nc1C. The molecule has 0 fully saturated rings. The minimum Gasteiger partial charge on any atom is -0.387 e. The summed E-state index contributed by atoms with van der Waals surface area (Å²) in [5, 5.41) is 15.3. The van der Waals surface area contributed by atoms with E-state index < -0.39 is 0 Å². The van der Waals surface area contributed by atoms with E-state index in [4.69, 9.17) is 11.1 Å². The van der Waals surface area contributed by atoms with Crippen molar-refractivity contribution in [3.63, 3.8) is 0 Å². The molecule has 3 N–H and O–H groups in total. The van der Waals surface area contributed by atoms with Crippen LogP contribution in [-0.2, 0) is 0 Å². The largest absolute Gasteiger partial charge is 0.387 e. The van der Waals surface area contributed by atoms with Gasteiger partial charge in [-0.2, -0.15) is 5.10 Å². The smallest absolute Gasteiger partial charge is 0.245 e. The summed E-state index contributed by atoms with van der Waals surface area (Å²) in [5.41, 5.74) is 7.11. The van der Waals surface area contributed by atoms with Crippen molar-refractivity contribution < 1.29 is 0 Å². The zero-order valence-corrected chi connectivity index (χ0v) is 10.2. The third-order valence-electron chi connectivity index (χ3n) is 2.50. The molecule has 1 rings (SSSR count).